The normalized spacial score (nSPS) is 28.3. The van der Waals surface area contributed by atoms with Crippen LogP contribution in [0.15, 0.2) is 0 Å². The first-order chi connectivity index (χ1) is 9.74. The van der Waals surface area contributed by atoms with Crippen molar-refractivity contribution in [2.45, 2.75) is 64.0 Å². The van der Waals surface area contributed by atoms with E-state index in [4.69, 9.17) is 4.74 Å². The molecule has 2 rings (SSSR count). The minimum atomic E-state index is 0.00908. The smallest absolute Gasteiger partial charge is 0.229 e. The van der Waals surface area contributed by atoms with Gasteiger partial charge >= 0.3 is 0 Å². The average molecular weight is 282 g/mol. The number of ether oxygens (including phenoxy) is 1. The van der Waals surface area contributed by atoms with Crippen LogP contribution in [0.25, 0.3) is 0 Å². The molecule has 1 saturated heterocycles. The second-order valence-electron chi connectivity index (χ2n) is 6.30. The molecule has 0 bridgehead atoms. The van der Waals surface area contributed by atoms with Crippen LogP contribution < -0.4 is 5.32 Å². The van der Waals surface area contributed by atoms with Gasteiger partial charge in [-0.1, -0.05) is 32.6 Å². The van der Waals surface area contributed by atoms with Gasteiger partial charge in [0.05, 0.1) is 19.1 Å². The summed E-state index contributed by atoms with van der Waals surface area (Å²) >= 11 is 0. The number of amides is 1. The Kier molecular flexibility index (Phi) is 6.30. The van der Waals surface area contributed by atoms with Crippen LogP contribution in [-0.2, 0) is 9.53 Å². The van der Waals surface area contributed by atoms with E-state index in [1.807, 2.05) is 11.9 Å². The third-order valence-corrected chi connectivity index (χ3v) is 4.77. The van der Waals surface area contributed by atoms with E-state index >= 15 is 0 Å². The Morgan fingerprint density at radius 2 is 1.90 bits per heavy atom. The number of rotatable bonds is 5. The average Bonchev–Trinajstić information content (AvgIpc) is 2.76. The topological polar surface area (TPSA) is 41.6 Å². The molecule has 1 aliphatic carbocycles. The van der Waals surface area contributed by atoms with Crippen molar-refractivity contribution in [1.29, 1.82) is 0 Å². The fraction of sp³-hybridized carbons (Fsp3) is 0.938. The second-order valence-corrected chi connectivity index (χ2v) is 6.30. The maximum atomic E-state index is 12.7. The molecule has 2 unspecified atom stereocenters. The van der Waals surface area contributed by atoms with Crippen molar-refractivity contribution in [3.8, 4) is 0 Å². The van der Waals surface area contributed by atoms with E-state index in [-0.39, 0.29) is 17.9 Å². The zero-order valence-electron chi connectivity index (χ0n) is 13.1. The van der Waals surface area contributed by atoms with Gasteiger partial charge < -0.3 is 15.0 Å². The molecular weight excluding hydrogens is 252 g/mol. The van der Waals surface area contributed by atoms with Gasteiger partial charge in [-0.05, 0) is 25.8 Å². The molecule has 2 aliphatic rings. The van der Waals surface area contributed by atoms with Crippen molar-refractivity contribution in [1.82, 2.24) is 10.2 Å². The van der Waals surface area contributed by atoms with Gasteiger partial charge in [-0.3, -0.25) is 4.79 Å². The second kappa shape index (κ2) is 7.99. The van der Waals surface area contributed by atoms with Crippen LogP contribution in [0.4, 0.5) is 0 Å². The standard InChI is InChI=1S/C16H30N2O2/c1-3-10-17-15-12-20-11-14(15)16(19)18(2)13-8-6-4-5-7-9-13/h13-15,17H,3-12H2,1-2H3. The van der Waals surface area contributed by atoms with Crippen LogP contribution in [0.3, 0.4) is 0 Å². The van der Waals surface area contributed by atoms with Crippen LogP contribution >= 0.6 is 0 Å². The van der Waals surface area contributed by atoms with Gasteiger partial charge in [-0.2, -0.15) is 0 Å². The van der Waals surface area contributed by atoms with E-state index in [2.05, 4.69) is 12.2 Å². The van der Waals surface area contributed by atoms with Crippen LogP contribution in [0, 0.1) is 5.92 Å². The monoisotopic (exact) mass is 282 g/mol. The zero-order chi connectivity index (χ0) is 14.4. The van der Waals surface area contributed by atoms with Crippen LogP contribution in [-0.4, -0.2) is 49.7 Å². The van der Waals surface area contributed by atoms with Gasteiger partial charge in [0.15, 0.2) is 0 Å². The summed E-state index contributed by atoms with van der Waals surface area (Å²) in [5, 5.41) is 3.46. The number of nitrogens with one attached hydrogen (secondary N) is 1. The highest BCUT2D eigenvalue weighted by Gasteiger charge is 2.36. The molecule has 4 nitrogen and oxygen atoms in total. The Morgan fingerprint density at radius 1 is 1.20 bits per heavy atom. The van der Waals surface area contributed by atoms with Crippen molar-refractivity contribution >= 4 is 5.91 Å². The Bertz CT molecular complexity index is 301. The predicted octanol–water partition coefficient (Wildman–Crippen LogP) is 2.18. The molecule has 1 amide bonds. The van der Waals surface area contributed by atoms with Crippen LogP contribution in [0.1, 0.15) is 51.9 Å². The molecule has 4 heteroatoms. The van der Waals surface area contributed by atoms with Gasteiger partial charge in [0.1, 0.15) is 0 Å². The van der Waals surface area contributed by atoms with Crippen molar-refractivity contribution in [2.75, 3.05) is 26.8 Å². The maximum absolute atomic E-state index is 12.7. The molecule has 0 aromatic carbocycles. The van der Waals surface area contributed by atoms with Crippen LogP contribution in [0.2, 0.25) is 0 Å². The van der Waals surface area contributed by atoms with E-state index in [9.17, 15) is 4.79 Å². The van der Waals surface area contributed by atoms with Crippen molar-refractivity contribution < 1.29 is 9.53 Å². The summed E-state index contributed by atoms with van der Waals surface area (Å²) in [6.45, 7) is 4.37. The summed E-state index contributed by atoms with van der Waals surface area (Å²) in [6, 6.07) is 0.646. The lowest BCUT2D eigenvalue weighted by molar-refractivity contribution is -0.137. The molecule has 0 aromatic rings. The summed E-state index contributed by atoms with van der Waals surface area (Å²) in [5.74, 6) is 0.290. The molecule has 1 aliphatic heterocycles. The molecule has 1 heterocycles. The Hall–Kier alpha value is -0.610. The largest absolute Gasteiger partial charge is 0.379 e. The summed E-state index contributed by atoms with van der Waals surface area (Å²) in [4.78, 5) is 14.8. The van der Waals surface area contributed by atoms with Crippen molar-refractivity contribution in [3.05, 3.63) is 0 Å². The summed E-state index contributed by atoms with van der Waals surface area (Å²) in [7, 11) is 1.99. The minimum Gasteiger partial charge on any atom is -0.379 e. The number of hydrogen-bond donors (Lipinski definition) is 1. The fourth-order valence-corrected chi connectivity index (χ4v) is 3.42. The van der Waals surface area contributed by atoms with E-state index in [0.29, 0.717) is 19.3 Å². The number of hydrogen-bond acceptors (Lipinski definition) is 3. The lowest BCUT2D eigenvalue weighted by Crippen LogP contribution is -2.47. The maximum Gasteiger partial charge on any atom is 0.229 e. The van der Waals surface area contributed by atoms with E-state index < -0.39 is 0 Å². The molecule has 116 valence electrons. The Balaban J connectivity index is 1.90. The number of carbonyl (C=O) groups is 1. The third kappa shape index (κ3) is 3.95. The molecule has 2 atom stereocenters. The number of nitrogens with zero attached hydrogens (tertiary/aromatic N) is 1. The van der Waals surface area contributed by atoms with Gasteiger partial charge in [-0.25, -0.2) is 0 Å². The zero-order valence-corrected chi connectivity index (χ0v) is 13.1. The molecular formula is C16H30N2O2. The first-order valence-electron chi connectivity index (χ1n) is 8.31. The molecule has 0 radical (unpaired) electrons. The SMILES string of the molecule is CCCNC1COCC1C(=O)N(C)C1CCCCCC1. The van der Waals surface area contributed by atoms with Gasteiger partial charge in [-0.15, -0.1) is 0 Å². The van der Waals surface area contributed by atoms with Gasteiger partial charge in [0, 0.05) is 19.1 Å². The van der Waals surface area contributed by atoms with Crippen molar-refractivity contribution in [2.24, 2.45) is 5.92 Å². The predicted molar refractivity (Wildman–Crippen MR) is 80.7 cm³/mol. The van der Waals surface area contributed by atoms with Gasteiger partial charge in [0.25, 0.3) is 0 Å². The fourth-order valence-electron chi connectivity index (χ4n) is 3.42. The summed E-state index contributed by atoms with van der Waals surface area (Å²) in [6.07, 6.45) is 8.61. The first-order valence-corrected chi connectivity index (χ1v) is 8.31. The minimum absolute atomic E-state index is 0.00908. The molecule has 20 heavy (non-hydrogen) atoms. The highest BCUT2D eigenvalue weighted by molar-refractivity contribution is 5.80. The quantitative estimate of drug-likeness (QED) is 0.786. The number of carbonyl (C=O) groups excluding carboxylic acids is 1. The molecule has 1 N–H and O–H groups in total. The third-order valence-electron chi connectivity index (χ3n) is 4.77. The van der Waals surface area contributed by atoms with Gasteiger partial charge in [0.2, 0.25) is 5.91 Å². The van der Waals surface area contributed by atoms with Crippen LogP contribution in [0.5, 0.6) is 0 Å². The molecule has 2 fully saturated rings. The van der Waals surface area contributed by atoms with Crippen molar-refractivity contribution in [3.63, 3.8) is 0 Å². The molecule has 1 saturated carbocycles. The van der Waals surface area contributed by atoms with E-state index in [1.54, 1.807) is 0 Å². The Morgan fingerprint density at radius 3 is 2.55 bits per heavy atom. The highest BCUT2D eigenvalue weighted by atomic mass is 16.5. The molecule has 0 aromatic heterocycles. The summed E-state index contributed by atoms with van der Waals surface area (Å²) < 4.78 is 5.54. The van der Waals surface area contributed by atoms with E-state index in [1.165, 1.54) is 38.5 Å². The summed E-state index contributed by atoms with van der Waals surface area (Å²) in [5.41, 5.74) is 0. The molecule has 0 spiro atoms. The van der Waals surface area contributed by atoms with E-state index in [0.717, 1.165) is 13.0 Å². The highest BCUT2D eigenvalue weighted by Crippen LogP contribution is 2.24. The lowest BCUT2D eigenvalue weighted by atomic mass is 9.99. The lowest BCUT2D eigenvalue weighted by Gasteiger charge is -2.31. The first kappa shape index (κ1) is 15.8. The Labute approximate surface area is 123 Å².